The zero-order valence-electron chi connectivity index (χ0n) is 10.6. The average Bonchev–Trinajstić information content (AvgIpc) is 2.60. The van der Waals surface area contributed by atoms with Crippen LogP contribution in [-0.2, 0) is 24.6 Å². The molecule has 100 valence electrons. The smallest absolute Gasteiger partial charge is 0.335 e. The van der Waals surface area contributed by atoms with Crippen molar-refractivity contribution >= 4 is 19.6 Å². The second kappa shape index (κ2) is 6.66. The van der Waals surface area contributed by atoms with E-state index < -0.39 is 7.60 Å². The molecule has 0 saturated carbocycles. The van der Waals surface area contributed by atoms with Gasteiger partial charge in [-0.15, -0.1) is 4.99 Å². The first kappa shape index (κ1) is 14.9. The first-order chi connectivity index (χ1) is 8.54. The molecule has 1 aromatic rings. The van der Waals surface area contributed by atoms with Crippen LogP contribution in [-0.4, -0.2) is 19.3 Å². The minimum Gasteiger partial charge on any atom is -0.443 e. The Labute approximate surface area is 106 Å². The third kappa shape index (κ3) is 3.93. The van der Waals surface area contributed by atoms with Crippen molar-refractivity contribution < 1.29 is 22.8 Å². The Morgan fingerprint density at radius 3 is 2.50 bits per heavy atom. The van der Waals surface area contributed by atoms with E-state index in [0.29, 0.717) is 24.5 Å². The van der Waals surface area contributed by atoms with Crippen LogP contribution in [0.5, 0.6) is 0 Å². The van der Waals surface area contributed by atoms with Gasteiger partial charge in [0.15, 0.2) is 0 Å². The molecular weight excluding hydrogens is 257 g/mol. The molecule has 1 aromatic heterocycles. The van der Waals surface area contributed by atoms with Crippen LogP contribution in [0.25, 0.3) is 0 Å². The van der Waals surface area contributed by atoms with Crippen LogP contribution in [0, 0.1) is 6.92 Å². The van der Waals surface area contributed by atoms with Crippen molar-refractivity contribution in [1.29, 1.82) is 0 Å². The lowest BCUT2D eigenvalue weighted by Crippen LogP contribution is -1.99. The molecule has 0 aliphatic heterocycles. The van der Waals surface area contributed by atoms with Crippen molar-refractivity contribution in [3.63, 3.8) is 0 Å². The van der Waals surface area contributed by atoms with E-state index >= 15 is 0 Å². The van der Waals surface area contributed by atoms with Gasteiger partial charge in [0.2, 0.25) is 12.0 Å². The van der Waals surface area contributed by atoms with Gasteiger partial charge in [-0.2, -0.15) is 0 Å². The molecule has 0 N–H and O–H groups in total. The van der Waals surface area contributed by atoms with E-state index in [9.17, 15) is 9.36 Å². The highest BCUT2D eigenvalue weighted by Gasteiger charge is 2.26. The fraction of sp³-hybridized carbons (Fsp3) is 0.545. The summed E-state index contributed by atoms with van der Waals surface area (Å²) >= 11 is 0. The van der Waals surface area contributed by atoms with Crippen molar-refractivity contribution in [3.8, 4) is 0 Å². The molecule has 1 heterocycles. The largest absolute Gasteiger partial charge is 0.443 e. The molecule has 0 fully saturated rings. The summed E-state index contributed by atoms with van der Waals surface area (Å²) in [5, 5.41) is 0. The standard InChI is InChI=1S/C11H16NO5P/c1-4-15-18(14,16-5-2)7-10-6-11(12-8-13)17-9(10)3/h6H,4-5,7H2,1-3H3. The first-order valence-electron chi connectivity index (χ1n) is 5.60. The van der Waals surface area contributed by atoms with Crippen molar-refractivity contribution in [1.82, 2.24) is 0 Å². The zero-order chi connectivity index (χ0) is 13.6. The Balaban J connectivity index is 2.93. The highest BCUT2D eigenvalue weighted by molar-refractivity contribution is 7.53. The van der Waals surface area contributed by atoms with E-state index in [1.807, 2.05) is 0 Å². The molecule has 0 aromatic carbocycles. The van der Waals surface area contributed by atoms with E-state index in [1.165, 1.54) is 12.1 Å². The monoisotopic (exact) mass is 273 g/mol. The summed E-state index contributed by atoms with van der Waals surface area (Å²) in [5.74, 6) is 0.667. The van der Waals surface area contributed by atoms with E-state index in [0.717, 1.165) is 0 Å². The lowest BCUT2D eigenvalue weighted by atomic mass is 10.3. The van der Waals surface area contributed by atoms with E-state index in [1.54, 1.807) is 20.8 Å². The fourth-order valence-electron chi connectivity index (χ4n) is 1.49. The number of hydrogen-bond acceptors (Lipinski definition) is 6. The number of furan rings is 1. The first-order valence-corrected chi connectivity index (χ1v) is 7.32. The zero-order valence-corrected chi connectivity index (χ0v) is 11.5. The lowest BCUT2D eigenvalue weighted by molar-refractivity contribution is 0.219. The Hall–Kier alpha value is -1.19. The molecule has 7 heteroatoms. The summed E-state index contributed by atoms with van der Waals surface area (Å²) < 4.78 is 27.9. The Bertz CT molecular complexity index is 480. The predicted molar refractivity (Wildman–Crippen MR) is 65.8 cm³/mol. The van der Waals surface area contributed by atoms with Gasteiger partial charge in [-0.3, -0.25) is 4.57 Å². The molecule has 0 atom stereocenters. The van der Waals surface area contributed by atoms with Crippen molar-refractivity contribution in [2.24, 2.45) is 4.99 Å². The highest BCUT2D eigenvalue weighted by Crippen LogP contribution is 2.52. The molecule has 0 radical (unpaired) electrons. The Morgan fingerprint density at radius 1 is 1.39 bits per heavy atom. The quantitative estimate of drug-likeness (QED) is 0.432. The van der Waals surface area contributed by atoms with Gasteiger partial charge in [0.1, 0.15) is 5.76 Å². The van der Waals surface area contributed by atoms with Gasteiger partial charge in [-0.1, -0.05) is 0 Å². The number of carbonyl (C=O) groups excluding carboxylic acids is 1. The van der Waals surface area contributed by atoms with Crippen LogP contribution in [0.2, 0.25) is 0 Å². The summed E-state index contributed by atoms with van der Waals surface area (Å²) in [7, 11) is -3.17. The molecule has 0 amide bonds. The van der Waals surface area contributed by atoms with Gasteiger partial charge < -0.3 is 13.5 Å². The molecule has 0 bridgehead atoms. The molecule has 18 heavy (non-hydrogen) atoms. The minimum absolute atomic E-state index is 0.0956. The molecule has 0 aliphatic carbocycles. The summed E-state index contributed by atoms with van der Waals surface area (Å²) in [4.78, 5) is 13.5. The van der Waals surface area contributed by atoms with Gasteiger partial charge in [0.25, 0.3) is 0 Å². The molecule has 0 saturated heterocycles. The fourth-order valence-corrected chi connectivity index (χ4v) is 3.27. The topological polar surface area (TPSA) is 78.1 Å². The molecule has 1 rings (SSSR count). The van der Waals surface area contributed by atoms with Gasteiger partial charge in [0, 0.05) is 11.6 Å². The Morgan fingerprint density at radius 2 is 2.00 bits per heavy atom. The lowest BCUT2D eigenvalue weighted by Gasteiger charge is -2.16. The van der Waals surface area contributed by atoms with Crippen LogP contribution in [0.1, 0.15) is 25.2 Å². The second-order valence-corrected chi connectivity index (χ2v) is 5.53. The Kier molecular flexibility index (Phi) is 5.51. The normalized spacial score (nSPS) is 11.3. The van der Waals surface area contributed by atoms with Gasteiger partial charge in [0.05, 0.1) is 19.4 Å². The van der Waals surface area contributed by atoms with Crippen LogP contribution in [0.3, 0.4) is 0 Å². The van der Waals surface area contributed by atoms with E-state index in [2.05, 4.69) is 4.99 Å². The van der Waals surface area contributed by atoms with Crippen molar-refractivity contribution in [3.05, 3.63) is 17.4 Å². The number of aryl methyl sites for hydroxylation is 1. The molecule has 0 unspecified atom stereocenters. The number of hydrogen-bond donors (Lipinski definition) is 0. The average molecular weight is 273 g/mol. The van der Waals surface area contributed by atoms with Crippen molar-refractivity contribution in [2.75, 3.05) is 13.2 Å². The number of aliphatic imine (C=N–C) groups is 1. The third-order valence-electron chi connectivity index (χ3n) is 2.18. The van der Waals surface area contributed by atoms with Gasteiger partial charge in [-0.05, 0) is 20.8 Å². The van der Waals surface area contributed by atoms with E-state index in [-0.39, 0.29) is 12.0 Å². The van der Waals surface area contributed by atoms with Crippen LogP contribution < -0.4 is 0 Å². The van der Waals surface area contributed by atoms with Crippen LogP contribution >= 0.6 is 7.60 Å². The number of rotatable bonds is 7. The number of nitrogens with zero attached hydrogens (tertiary/aromatic N) is 1. The summed E-state index contributed by atoms with van der Waals surface area (Å²) in [5.41, 5.74) is 0.647. The maximum Gasteiger partial charge on any atom is 0.335 e. The maximum absolute atomic E-state index is 12.3. The van der Waals surface area contributed by atoms with Crippen LogP contribution in [0.15, 0.2) is 15.5 Å². The molecule has 6 nitrogen and oxygen atoms in total. The third-order valence-corrected chi connectivity index (χ3v) is 4.21. The van der Waals surface area contributed by atoms with Crippen LogP contribution in [0.4, 0.5) is 5.88 Å². The SMILES string of the molecule is CCOP(=O)(Cc1cc(N=C=O)oc1C)OCC. The molecule has 0 spiro atoms. The molecule has 0 aliphatic rings. The maximum atomic E-state index is 12.3. The second-order valence-electron chi connectivity index (χ2n) is 3.47. The van der Waals surface area contributed by atoms with Gasteiger partial charge >= 0.3 is 7.60 Å². The van der Waals surface area contributed by atoms with E-state index in [4.69, 9.17) is 13.5 Å². The summed E-state index contributed by atoms with van der Waals surface area (Å²) in [6.07, 6.45) is 1.48. The number of isocyanates is 1. The minimum atomic E-state index is -3.17. The summed E-state index contributed by atoms with van der Waals surface area (Å²) in [6, 6.07) is 1.53. The summed E-state index contributed by atoms with van der Waals surface area (Å²) in [6.45, 7) is 5.79. The van der Waals surface area contributed by atoms with Gasteiger partial charge in [-0.25, -0.2) is 4.79 Å². The van der Waals surface area contributed by atoms with Crippen molar-refractivity contribution in [2.45, 2.75) is 26.9 Å². The predicted octanol–water partition coefficient (Wildman–Crippen LogP) is 3.32. The highest BCUT2D eigenvalue weighted by atomic mass is 31.2. The molecular formula is C11H16NO5P.